The molecule has 0 unspecified atom stereocenters. The van der Waals surface area contributed by atoms with Gasteiger partial charge in [-0.1, -0.05) is 77.1 Å². The Balaban J connectivity index is 1.48. The molecular weight excluding hydrogens is 430 g/mol. The van der Waals surface area contributed by atoms with Gasteiger partial charge in [0.1, 0.15) is 19.0 Å². The molecule has 0 fully saturated rings. The van der Waals surface area contributed by atoms with Crippen molar-refractivity contribution >= 4 is 27.7 Å². The van der Waals surface area contributed by atoms with Gasteiger partial charge in [-0.3, -0.25) is 5.32 Å². The lowest BCUT2D eigenvalue weighted by atomic mass is 9.98. The first-order chi connectivity index (χ1) is 14.2. The van der Waals surface area contributed by atoms with Crippen LogP contribution in [0.3, 0.4) is 0 Å². The Hall–Kier alpha value is -3.05. The number of hydrogen-bond donors (Lipinski definition) is 1. The zero-order valence-corrected chi connectivity index (χ0v) is 17.3. The van der Waals surface area contributed by atoms with Gasteiger partial charge in [0.25, 0.3) is 0 Å². The van der Waals surface area contributed by atoms with Crippen molar-refractivity contribution in [2.45, 2.75) is 5.92 Å². The minimum atomic E-state index is -0.520. The van der Waals surface area contributed by atoms with Crippen LogP contribution in [0.15, 0.2) is 83.9 Å². The van der Waals surface area contributed by atoms with E-state index in [1.165, 1.54) is 22.3 Å². The maximum Gasteiger partial charge on any atom is 0.411 e. The predicted molar refractivity (Wildman–Crippen MR) is 119 cm³/mol. The van der Waals surface area contributed by atoms with E-state index in [0.29, 0.717) is 18.0 Å². The molecule has 1 aliphatic rings. The summed E-state index contributed by atoms with van der Waals surface area (Å²) in [6.07, 6.45) is 1.13. The first-order valence-corrected chi connectivity index (χ1v) is 10.1. The second-order valence-electron chi connectivity index (χ2n) is 6.69. The highest BCUT2D eigenvalue weighted by molar-refractivity contribution is 9.10. The van der Waals surface area contributed by atoms with Crippen molar-refractivity contribution < 1.29 is 14.3 Å². The molecule has 1 aliphatic carbocycles. The van der Waals surface area contributed by atoms with E-state index in [1.54, 1.807) is 18.2 Å². The molecule has 0 aliphatic heterocycles. The molecule has 3 aromatic carbocycles. The lowest BCUT2D eigenvalue weighted by molar-refractivity contribution is 0.158. The number of fused-ring (bicyclic) bond motifs is 3. The Morgan fingerprint density at radius 2 is 1.69 bits per heavy atom. The van der Waals surface area contributed by atoms with E-state index >= 15 is 0 Å². The summed E-state index contributed by atoms with van der Waals surface area (Å²) in [4.78, 5) is 12.5. The van der Waals surface area contributed by atoms with E-state index in [-0.39, 0.29) is 12.5 Å². The van der Waals surface area contributed by atoms with Crippen LogP contribution in [0.1, 0.15) is 17.0 Å². The summed E-state index contributed by atoms with van der Waals surface area (Å²) >= 11 is 3.42. The van der Waals surface area contributed by atoms with E-state index in [1.807, 2.05) is 30.3 Å². The number of benzene rings is 3. The lowest BCUT2D eigenvalue weighted by Crippen LogP contribution is -2.18. The Bertz CT molecular complexity index is 1020. The van der Waals surface area contributed by atoms with Crippen LogP contribution in [0.2, 0.25) is 0 Å². The first kappa shape index (κ1) is 19.3. The average Bonchev–Trinajstić information content (AvgIpc) is 3.06. The Morgan fingerprint density at radius 1 is 1.03 bits per heavy atom. The second kappa shape index (κ2) is 8.53. The molecule has 4 rings (SSSR count). The topological polar surface area (TPSA) is 47.6 Å². The third kappa shape index (κ3) is 4.05. The minimum Gasteiger partial charge on any atom is -0.487 e. The molecule has 0 heterocycles. The lowest BCUT2D eigenvalue weighted by Gasteiger charge is -2.16. The molecular formula is C24H20BrNO3. The number of rotatable bonds is 6. The van der Waals surface area contributed by atoms with Gasteiger partial charge in [-0.05, 0) is 40.5 Å². The Morgan fingerprint density at radius 3 is 2.34 bits per heavy atom. The van der Waals surface area contributed by atoms with Gasteiger partial charge >= 0.3 is 6.09 Å². The normalized spacial score (nSPS) is 12.0. The molecule has 0 radical (unpaired) electrons. The van der Waals surface area contributed by atoms with Gasteiger partial charge in [0.15, 0.2) is 0 Å². The van der Waals surface area contributed by atoms with Crippen LogP contribution in [0.5, 0.6) is 5.75 Å². The summed E-state index contributed by atoms with van der Waals surface area (Å²) in [5.74, 6) is 0.578. The molecule has 0 saturated heterocycles. The van der Waals surface area contributed by atoms with Gasteiger partial charge in [-0.15, -0.1) is 0 Å². The Kier molecular flexibility index (Phi) is 5.67. The van der Waals surface area contributed by atoms with Crippen molar-refractivity contribution in [3.05, 3.63) is 95.0 Å². The molecule has 0 spiro atoms. The summed E-state index contributed by atoms with van der Waals surface area (Å²) in [6.45, 7) is 4.26. The molecule has 0 saturated carbocycles. The van der Waals surface area contributed by atoms with E-state index in [4.69, 9.17) is 9.47 Å². The standard InChI is InChI=1S/C24H20BrNO3/c1-2-13-28-23-12-11-16(25)14-22(23)26-24(27)29-15-21-19-9-5-3-7-17(19)18-8-4-6-10-20(18)21/h2-12,14,21H,1,13,15H2,(H,26,27). The van der Waals surface area contributed by atoms with E-state index in [2.05, 4.69) is 52.1 Å². The molecule has 146 valence electrons. The van der Waals surface area contributed by atoms with Gasteiger partial charge in [-0.2, -0.15) is 0 Å². The molecule has 3 aromatic rings. The molecule has 0 aromatic heterocycles. The number of ether oxygens (including phenoxy) is 2. The van der Waals surface area contributed by atoms with Crippen LogP contribution in [0, 0.1) is 0 Å². The maximum absolute atomic E-state index is 12.5. The predicted octanol–water partition coefficient (Wildman–Crippen LogP) is 6.37. The smallest absolute Gasteiger partial charge is 0.411 e. The zero-order valence-electron chi connectivity index (χ0n) is 15.7. The van der Waals surface area contributed by atoms with Gasteiger partial charge in [0.05, 0.1) is 5.69 Å². The molecule has 0 atom stereocenters. The van der Waals surface area contributed by atoms with Crippen LogP contribution in [0.25, 0.3) is 11.1 Å². The number of carbonyl (C=O) groups is 1. The van der Waals surface area contributed by atoms with Crippen LogP contribution >= 0.6 is 15.9 Å². The van der Waals surface area contributed by atoms with Crippen LogP contribution in [-0.4, -0.2) is 19.3 Å². The third-order valence-corrected chi connectivity index (χ3v) is 5.37. The third-order valence-electron chi connectivity index (χ3n) is 4.88. The fraction of sp³-hybridized carbons (Fsp3) is 0.125. The van der Waals surface area contributed by atoms with Crippen molar-refractivity contribution in [3.8, 4) is 16.9 Å². The minimum absolute atomic E-state index is 0.0205. The molecule has 1 N–H and O–H groups in total. The fourth-order valence-corrected chi connectivity index (χ4v) is 3.98. The van der Waals surface area contributed by atoms with Gasteiger partial charge < -0.3 is 9.47 Å². The summed E-state index contributed by atoms with van der Waals surface area (Å²) in [6, 6.07) is 21.9. The summed E-state index contributed by atoms with van der Waals surface area (Å²) in [5.41, 5.74) is 5.30. The largest absolute Gasteiger partial charge is 0.487 e. The number of carbonyl (C=O) groups excluding carboxylic acids is 1. The van der Waals surface area contributed by atoms with Crippen LogP contribution < -0.4 is 10.1 Å². The highest BCUT2D eigenvalue weighted by atomic mass is 79.9. The monoisotopic (exact) mass is 449 g/mol. The van der Waals surface area contributed by atoms with E-state index in [0.717, 1.165) is 4.47 Å². The van der Waals surface area contributed by atoms with Crippen molar-refractivity contribution in [3.63, 3.8) is 0 Å². The van der Waals surface area contributed by atoms with Crippen LogP contribution in [-0.2, 0) is 4.74 Å². The molecule has 29 heavy (non-hydrogen) atoms. The molecule has 0 bridgehead atoms. The molecule has 4 nitrogen and oxygen atoms in total. The van der Waals surface area contributed by atoms with Gasteiger partial charge in [0.2, 0.25) is 0 Å². The fourth-order valence-electron chi connectivity index (χ4n) is 3.62. The number of amides is 1. The second-order valence-corrected chi connectivity index (χ2v) is 7.61. The number of nitrogens with one attached hydrogen (secondary N) is 1. The number of halogens is 1. The summed E-state index contributed by atoms with van der Waals surface area (Å²) in [5, 5.41) is 2.78. The van der Waals surface area contributed by atoms with Crippen molar-refractivity contribution in [2.75, 3.05) is 18.5 Å². The highest BCUT2D eigenvalue weighted by Crippen LogP contribution is 2.44. The summed E-state index contributed by atoms with van der Waals surface area (Å²) < 4.78 is 12.0. The van der Waals surface area contributed by atoms with Crippen molar-refractivity contribution in [1.29, 1.82) is 0 Å². The Labute approximate surface area is 178 Å². The van der Waals surface area contributed by atoms with E-state index in [9.17, 15) is 4.79 Å². The van der Waals surface area contributed by atoms with Crippen LogP contribution in [0.4, 0.5) is 10.5 Å². The summed E-state index contributed by atoms with van der Waals surface area (Å²) in [7, 11) is 0. The maximum atomic E-state index is 12.5. The quantitative estimate of drug-likeness (QED) is 0.444. The van der Waals surface area contributed by atoms with E-state index < -0.39 is 6.09 Å². The van der Waals surface area contributed by atoms with Crippen molar-refractivity contribution in [1.82, 2.24) is 0 Å². The first-order valence-electron chi connectivity index (χ1n) is 9.32. The average molecular weight is 450 g/mol. The number of hydrogen-bond acceptors (Lipinski definition) is 3. The van der Waals surface area contributed by atoms with Gasteiger partial charge in [-0.25, -0.2) is 4.79 Å². The van der Waals surface area contributed by atoms with Gasteiger partial charge in [0, 0.05) is 10.4 Å². The SMILES string of the molecule is C=CCOc1ccc(Br)cc1NC(=O)OCC1c2ccccc2-c2ccccc21. The van der Waals surface area contributed by atoms with Crippen molar-refractivity contribution in [2.24, 2.45) is 0 Å². The number of anilines is 1. The molecule has 5 heteroatoms. The highest BCUT2D eigenvalue weighted by Gasteiger charge is 2.29. The zero-order chi connectivity index (χ0) is 20.2. The molecule has 1 amide bonds.